The van der Waals surface area contributed by atoms with Crippen LogP contribution in [0.25, 0.3) is 0 Å². The quantitative estimate of drug-likeness (QED) is 0.832. The summed E-state index contributed by atoms with van der Waals surface area (Å²) in [5.41, 5.74) is 0.607. The van der Waals surface area contributed by atoms with Crippen molar-refractivity contribution in [3.05, 3.63) is 35.6 Å². The lowest BCUT2D eigenvalue weighted by Gasteiger charge is -2.12. The lowest BCUT2D eigenvalue weighted by atomic mass is 10.1. The fraction of sp³-hybridized carbons (Fsp3) is 0.333. The van der Waals surface area contributed by atoms with Gasteiger partial charge in [-0.3, -0.25) is 0 Å². The number of hydrogen-bond acceptors (Lipinski definition) is 2. The van der Waals surface area contributed by atoms with Crippen molar-refractivity contribution in [3.8, 4) is 0 Å². The molecule has 0 aliphatic heterocycles. The van der Waals surface area contributed by atoms with Gasteiger partial charge >= 0.3 is 0 Å². The molecule has 5 heteroatoms. The minimum Gasteiger partial charge on any atom is -0.213 e. The lowest BCUT2D eigenvalue weighted by molar-refractivity contribution is 0.570. The average Bonchev–Trinajstić information content (AvgIpc) is 2.01. The number of nitrogens with one attached hydrogen (secondary N) is 1. The first-order valence-electron chi connectivity index (χ1n) is 4.11. The van der Waals surface area contributed by atoms with Crippen molar-refractivity contribution in [2.45, 2.75) is 13.0 Å². The van der Waals surface area contributed by atoms with E-state index in [4.69, 9.17) is 0 Å². The predicted octanol–water partition coefficient (Wildman–Crippen LogP) is 1.44. The van der Waals surface area contributed by atoms with Gasteiger partial charge in [-0.15, -0.1) is 0 Å². The maximum absolute atomic E-state index is 12.8. The summed E-state index contributed by atoms with van der Waals surface area (Å²) in [5.74, 6) is -0.371. The molecule has 0 saturated heterocycles. The average molecular weight is 217 g/mol. The van der Waals surface area contributed by atoms with Gasteiger partial charge in [0.05, 0.1) is 6.26 Å². The number of sulfonamides is 1. The molecule has 0 bridgehead atoms. The monoisotopic (exact) mass is 217 g/mol. The van der Waals surface area contributed by atoms with Gasteiger partial charge in [0, 0.05) is 6.04 Å². The van der Waals surface area contributed by atoms with Gasteiger partial charge in [-0.1, -0.05) is 12.1 Å². The first-order chi connectivity index (χ1) is 6.38. The molecule has 1 unspecified atom stereocenters. The van der Waals surface area contributed by atoms with Crippen LogP contribution in [0.1, 0.15) is 18.5 Å². The van der Waals surface area contributed by atoms with Crippen LogP contribution in [0.5, 0.6) is 0 Å². The van der Waals surface area contributed by atoms with E-state index in [1.807, 2.05) is 0 Å². The summed E-state index contributed by atoms with van der Waals surface area (Å²) in [6.07, 6.45) is 1.07. The maximum atomic E-state index is 12.8. The molecule has 1 rings (SSSR count). The summed E-state index contributed by atoms with van der Waals surface area (Å²) in [6, 6.07) is 5.43. The molecule has 0 aromatic heterocycles. The van der Waals surface area contributed by atoms with E-state index in [0.29, 0.717) is 5.56 Å². The molecule has 0 spiro atoms. The summed E-state index contributed by atoms with van der Waals surface area (Å²) in [4.78, 5) is 0. The molecule has 1 aromatic rings. The topological polar surface area (TPSA) is 46.2 Å². The van der Waals surface area contributed by atoms with Gasteiger partial charge in [0.2, 0.25) is 10.0 Å². The minimum absolute atomic E-state index is 0.371. The van der Waals surface area contributed by atoms with Crippen LogP contribution in [0.2, 0.25) is 0 Å². The molecule has 0 saturated carbocycles. The highest BCUT2D eigenvalue weighted by Crippen LogP contribution is 2.13. The largest absolute Gasteiger partial charge is 0.213 e. The zero-order chi connectivity index (χ0) is 10.8. The molecule has 1 atom stereocenters. The van der Waals surface area contributed by atoms with Crippen LogP contribution in [0.3, 0.4) is 0 Å². The van der Waals surface area contributed by atoms with E-state index in [-0.39, 0.29) is 5.82 Å². The number of benzene rings is 1. The van der Waals surface area contributed by atoms with Crippen LogP contribution >= 0.6 is 0 Å². The second kappa shape index (κ2) is 4.06. The van der Waals surface area contributed by atoms with E-state index in [1.165, 1.54) is 12.1 Å². The fourth-order valence-corrected chi connectivity index (χ4v) is 1.94. The first-order valence-corrected chi connectivity index (χ1v) is 6.00. The first kappa shape index (κ1) is 11.1. The van der Waals surface area contributed by atoms with Crippen LogP contribution < -0.4 is 4.72 Å². The molecule has 0 fully saturated rings. The lowest BCUT2D eigenvalue weighted by Crippen LogP contribution is -2.25. The van der Waals surface area contributed by atoms with E-state index < -0.39 is 16.1 Å². The Morgan fingerprint density at radius 1 is 1.43 bits per heavy atom. The number of rotatable bonds is 3. The van der Waals surface area contributed by atoms with Gasteiger partial charge in [-0.05, 0) is 24.6 Å². The zero-order valence-electron chi connectivity index (χ0n) is 7.99. The van der Waals surface area contributed by atoms with Crippen molar-refractivity contribution in [2.24, 2.45) is 0 Å². The Morgan fingerprint density at radius 3 is 2.57 bits per heavy atom. The SMILES string of the molecule is CC(NS(C)(=O)=O)c1cccc(F)c1. The highest BCUT2D eigenvalue weighted by atomic mass is 32.2. The van der Waals surface area contributed by atoms with Gasteiger partial charge < -0.3 is 0 Å². The molecule has 14 heavy (non-hydrogen) atoms. The molecule has 3 nitrogen and oxygen atoms in total. The molecular formula is C9H12FNO2S. The van der Waals surface area contributed by atoms with Crippen molar-refractivity contribution < 1.29 is 12.8 Å². The van der Waals surface area contributed by atoms with Gasteiger partial charge in [0.1, 0.15) is 5.82 Å². The highest BCUT2D eigenvalue weighted by molar-refractivity contribution is 7.88. The second-order valence-corrected chi connectivity index (χ2v) is 4.95. The normalized spacial score (nSPS) is 13.9. The maximum Gasteiger partial charge on any atom is 0.209 e. The Hall–Kier alpha value is -0.940. The van der Waals surface area contributed by atoms with E-state index in [1.54, 1.807) is 19.1 Å². The van der Waals surface area contributed by atoms with Crippen molar-refractivity contribution in [1.29, 1.82) is 0 Å². The fourth-order valence-electron chi connectivity index (χ4n) is 1.17. The molecule has 0 aliphatic carbocycles. The molecular weight excluding hydrogens is 205 g/mol. The minimum atomic E-state index is -3.26. The van der Waals surface area contributed by atoms with Crippen molar-refractivity contribution in [1.82, 2.24) is 4.72 Å². The standard InChI is InChI=1S/C9H12FNO2S/c1-7(11-14(2,12)13)8-4-3-5-9(10)6-8/h3-7,11H,1-2H3. The van der Waals surface area contributed by atoms with Crippen LogP contribution in [-0.2, 0) is 10.0 Å². The van der Waals surface area contributed by atoms with Gasteiger partial charge in [-0.25, -0.2) is 17.5 Å². The molecule has 78 valence electrons. The Labute approximate surface area is 83.0 Å². The summed E-state index contributed by atoms with van der Waals surface area (Å²) in [6.45, 7) is 1.66. The van der Waals surface area contributed by atoms with E-state index in [0.717, 1.165) is 6.26 Å². The third-order valence-electron chi connectivity index (χ3n) is 1.74. The van der Waals surface area contributed by atoms with Gasteiger partial charge in [-0.2, -0.15) is 0 Å². The van der Waals surface area contributed by atoms with E-state index >= 15 is 0 Å². The third kappa shape index (κ3) is 3.43. The van der Waals surface area contributed by atoms with Crippen molar-refractivity contribution >= 4 is 10.0 Å². The molecule has 0 heterocycles. The van der Waals surface area contributed by atoms with Crippen molar-refractivity contribution in [3.63, 3.8) is 0 Å². The van der Waals surface area contributed by atoms with Crippen LogP contribution in [0.15, 0.2) is 24.3 Å². The zero-order valence-corrected chi connectivity index (χ0v) is 8.81. The molecule has 1 aromatic carbocycles. The molecule has 0 amide bonds. The molecule has 0 radical (unpaired) electrons. The van der Waals surface area contributed by atoms with Crippen LogP contribution in [0, 0.1) is 5.82 Å². The van der Waals surface area contributed by atoms with Crippen LogP contribution in [-0.4, -0.2) is 14.7 Å². The Kier molecular flexibility index (Phi) is 3.23. The highest BCUT2D eigenvalue weighted by Gasteiger charge is 2.10. The van der Waals surface area contributed by atoms with E-state index in [2.05, 4.69) is 4.72 Å². The Morgan fingerprint density at radius 2 is 2.07 bits per heavy atom. The van der Waals surface area contributed by atoms with Gasteiger partial charge in [0.25, 0.3) is 0 Å². The number of hydrogen-bond donors (Lipinski definition) is 1. The Balaban J connectivity index is 2.85. The number of halogens is 1. The summed E-state index contributed by atoms with van der Waals surface area (Å²) in [7, 11) is -3.26. The third-order valence-corrected chi connectivity index (χ3v) is 2.52. The van der Waals surface area contributed by atoms with Gasteiger partial charge in [0.15, 0.2) is 0 Å². The predicted molar refractivity (Wildman–Crippen MR) is 52.8 cm³/mol. The van der Waals surface area contributed by atoms with Crippen molar-refractivity contribution in [2.75, 3.05) is 6.26 Å². The summed E-state index contributed by atoms with van der Waals surface area (Å²) < 4.78 is 36.9. The van der Waals surface area contributed by atoms with E-state index in [9.17, 15) is 12.8 Å². The smallest absolute Gasteiger partial charge is 0.209 e. The molecule has 1 N–H and O–H groups in total. The molecule has 0 aliphatic rings. The summed E-state index contributed by atoms with van der Waals surface area (Å²) >= 11 is 0. The summed E-state index contributed by atoms with van der Waals surface area (Å²) in [5, 5.41) is 0. The van der Waals surface area contributed by atoms with Crippen LogP contribution in [0.4, 0.5) is 4.39 Å². The Bertz CT molecular complexity index is 417. The second-order valence-electron chi connectivity index (χ2n) is 3.17.